The second kappa shape index (κ2) is 4.42. The van der Waals surface area contributed by atoms with Crippen molar-refractivity contribution in [2.24, 2.45) is 0 Å². The Hall–Kier alpha value is -1.67. The van der Waals surface area contributed by atoms with E-state index in [-0.39, 0.29) is 5.41 Å². The van der Waals surface area contributed by atoms with E-state index in [4.69, 9.17) is 16.3 Å². The van der Waals surface area contributed by atoms with Gasteiger partial charge in [0.1, 0.15) is 5.75 Å². The molecule has 0 amide bonds. The number of anilines is 2. The molecule has 1 heterocycles. The van der Waals surface area contributed by atoms with Gasteiger partial charge in [0.2, 0.25) is 0 Å². The maximum atomic E-state index is 6.20. The summed E-state index contributed by atoms with van der Waals surface area (Å²) in [5.41, 5.74) is 5.91. The van der Waals surface area contributed by atoms with Gasteiger partial charge >= 0.3 is 0 Å². The van der Waals surface area contributed by atoms with Gasteiger partial charge in [-0.15, -0.1) is 0 Å². The molecule has 2 aromatic carbocycles. The quantitative estimate of drug-likeness (QED) is 0.793. The highest BCUT2D eigenvalue weighted by Gasteiger charge is 2.34. The highest BCUT2D eigenvalue weighted by atomic mass is 35.5. The van der Waals surface area contributed by atoms with Crippen LogP contribution in [0.25, 0.3) is 0 Å². The topological polar surface area (TPSA) is 21.3 Å². The van der Waals surface area contributed by atoms with Crippen LogP contribution >= 0.6 is 11.6 Å². The number of halogens is 1. The molecule has 0 saturated heterocycles. The fraction of sp³-hybridized carbons (Fsp3) is 0.294. The molecule has 0 aliphatic carbocycles. The molecule has 1 N–H and O–H groups in total. The average molecular weight is 288 g/mol. The third-order valence-corrected chi connectivity index (χ3v) is 4.31. The van der Waals surface area contributed by atoms with Crippen molar-refractivity contribution in [1.29, 1.82) is 0 Å². The van der Waals surface area contributed by atoms with Crippen LogP contribution in [0.2, 0.25) is 5.02 Å². The molecule has 0 atom stereocenters. The Morgan fingerprint density at radius 3 is 2.55 bits per heavy atom. The number of fused-ring (bicyclic) bond motifs is 2. The largest absolute Gasteiger partial charge is 0.497 e. The summed E-state index contributed by atoms with van der Waals surface area (Å²) in [5, 5.41) is 4.25. The van der Waals surface area contributed by atoms with Crippen LogP contribution in [-0.2, 0) is 5.41 Å². The lowest BCUT2D eigenvalue weighted by molar-refractivity contribution is 0.414. The summed E-state index contributed by atoms with van der Waals surface area (Å²) in [7, 11) is 1.69. The molecule has 0 bridgehead atoms. The first-order chi connectivity index (χ1) is 9.43. The summed E-state index contributed by atoms with van der Waals surface area (Å²) in [6.45, 7) is 6.61. The lowest BCUT2D eigenvalue weighted by Gasteiger charge is -2.37. The third-order valence-electron chi connectivity index (χ3n) is 4.09. The van der Waals surface area contributed by atoms with Gasteiger partial charge in [0.15, 0.2) is 0 Å². The van der Waals surface area contributed by atoms with E-state index in [0.29, 0.717) is 0 Å². The minimum absolute atomic E-state index is 0.0587. The molecule has 3 heteroatoms. The first kappa shape index (κ1) is 13.3. The van der Waals surface area contributed by atoms with Gasteiger partial charge in [-0.3, -0.25) is 0 Å². The molecule has 0 saturated carbocycles. The Morgan fingerprint density at radius 1 is 1.10 bits per heavy atom. The average Bonchev–Trinajstić information content (AvgIpc) is 2.36. The van der Waals surface area contributed by atoms with Crippen molar-refractivity contribution in [1.82, 2.24) is 0 Å². The number of rotatable bonds is 1. The fourth-order valence-corrected chi connectivity index (χ4v) is 3.52. The van der Waals surface area contributed by atoms with Gasteiger partial charge in [-0.25, -0.2) is 0 Å². The summed E-state index contributed by atoms with van der Waals surface area (Å²) in [4.78, 5) is 0. The van der Waals surface area contributed by atoms with Crippen molar-refractivity contribution < 1.29 is 4.74 Å². The van der Waals surface area contributed by atoms with Crippen LogP contribution in [0.15, 0.2) is 30.3 Å². The number of aryl methyl sites for hydroxylation is 1. The van der Waals surface area contributed by atoms with E-state index >= 15 is 0 Å². The van der Waals surface area contributed by atoms with Gasteiger partial charge in [0, 0.05) is 27.9 Å². The molecule has 20 heavy (non-hydrogen) atoms. The van der Waals surface area contributed by atoms with Crippen molar-refractivity contribution in [3.63, 3.8) is 0 Å². The molecule has 1 aliphatic rings. The van der Waals surface area contributed by atoms with Gasteiger partial charge < -0.3 is 10.1 Å². The standard InChI is InChI=1S/C17H18ClNO/c1-10-7-11(18)8-15-16(10)17(2,3)13-6-5-12(20-4)9-14(13)19-15/h5-9,19H,1-4H3. The van der Waals surface area contributed by atoms with Crippen molar-refractivity contribution in [2.45, 2.75) is 26.2 Å². The van der Waals surface area contributed by atoms with Crippen LogP contribution in [0, 0.1) is 6.92 Å². The summed E-state index contributed by atoms with van der Waals surface area (Å²) in [5.74, 6) is 0.856. The minimum atomic E-state index is -0.0587. The maximum absolute atomic E-state index is 6.20. The van der Waals surface area contributed by atoms with Gasteiger partial charge in [0.25, 0.3) is 0 Å². The molecule has 2 aromatic rings. The van der Waals surface area contributed by atoms with E-state index in [0.717, 1.165) is 22.1 Å². The number of nitrogens with one attached hydrogen (secondary N) is 1. The first-order valence-corrected chi connectivity index (χ1v) is 7.07. The monoisotopic (exact) mass is 287 g/mol. The Morgan fingerprint density at radius 2 is 1.85 bits per heavy atom. The number of benzene rings is 2. The summed E-state index contributed by atoms with van der Waals surface area (Å²) < 4.78 is 5.32. The van der Waals surface area contributed by atoms with Crippen LogP contribution in [0.1, 0.15) is 30.5 Å². The number of methoxy groups -OCH3 is 1. The Labute approximate surface area is 124 Å². The normalized spacial score (nSPS) is 15.1. The van der Waals surface area contributed by atoms with Gasteiger partial charge in [-0.05, 0) is 41.8 Å². The number of hydrogen-bond donors (Lipinski definition) is 1. The van der Waals surface area contributed by atoms with Gasteiger partial charge in [-0.2, -0.15) is 0 Å². The van der Waals surface area contributed by atoms with Gasteiger partial charge in [0.05, 0.1) is 7.11 Å². The van der Waals surface area contributed by atoms with Crippen molar-refractivity contribution in [2.75, 3.05) is 12.4 Å². The predicted molar refractivity (Wildman–Crippen MR) is 84.6 cm³/mol. The highest BCUT2D eigenvalue weighted by molar-refractivity contribution is 6.31. The minimum Gasteiger partial charge on any atom is -0.497 e. The van der Waals surface area contributed by atoms with Crippen LogP contribution in [0.5, 0.6) is 5.75 Å². The van der Waals surface area contributed by atoms with Crippen LogP contribution < -0.4 is 10.1 Å². The van der Waals surface area contributed by atoms with E-state index in [9.17, 15) is 0 Å². The van der Waals surface area contributed by atoms with E-state index in [1.165, 1.54) is 16.7 Å². The molecule has 0 fully saturated rings. The molecule has 1 aliphatic heterocycles. The molecule has 0 unspecified atom stereocenters. The lowest BCUT2D eigenvalue weighted by atomic mass is 9.72. The van der Waals surface area contributed by atoms with Gasteiger partial charge in [-0.1, -0.05) is 31.5 Å². The van der Waals surface area contributed by atoms with Crippen molar-refractivity contribution in [3.8, 4) is 5.75 Å². The van der Waals surface area contributed by atoms with E-state index < -0.39 is 0 Å². The molecule has 0 aromatic heterocycles. The smallest absolute Gasteiger partial charge is 0.120 e. The zero-order chi connectivity index (χ0) is 14.5. The summed E-state index contributed by atoms with van der Waals surface area (Å²) in [6, 6.07) is 10.2. The molecule has 2 nitrogen and oxygen atoms in total. The molecule has 104 valence electrons. The van der Waals surface area contributed by atoms with Crippen LogP contribution in [0.3, 0.4) is 0 Å². The second-order valence-corrected chi connectivity index (χ2v) is 6.24. The lowest BCUT2D eigenvalue weighted by Crippen LogP contribution is -2.27. The SMILES string of the molecule is COc1ccc2c(c1)Nc1cc(Cl)cc(C)c1C2(C)C. The van der Waals surface area contributed by atoms with Crippen molar-refractivity contribution >= 4 is 23.0 Å². The van der Waals surface area contributed by atoms with E-state index in [2.05, 4.69) is 32.2 Å². The Bertz CT molecular complexity index is 692. The van der Waals surface area contributed by atoms with E-state index in [1.807, 2.05) is 24.3 Å². The maximum Gasteiger partial charge on any atom is 0.120 e. The molecule has 0 radical (unpaired) electrons. The molecular formula is C17H18ClNO. The first-order valence-electron chi connectivity index (χ1n) is 6.69. The second-order valence-electron chi connectivity index (χ2n) is 5.81. The molecule has 0 spiro atoms. The zero-order valence-electron chi connectivity index (χ0n) is 12.2. The zero-order valence-corrected chi connectivity index (χ0v) is 12.9. The van der Waals surface area contributed by atoms with Crippen LogP contribution in [-0.4, -0.2) is 7.11 Å². The number of hydrogen-bond acceptors (Lipinski definition) is 2. The Balaban J connectivity index is 2.25. The molecular weight excluding hydrogens is 270 g/mol. The Kier molecular flexibility index (Phi) is 2.94. The van der Waals surface area contributed by atoms with E-state index in [1.54, 1.807) is 7.11 Å². The highest BCUT2D eigenvalue weighted by Crippen LogP contribution is 2.48. The molecule has 3 rings (SSSR count). The third kappa shape index (κ3) is 1.87. The van der Waals surface area contributed by atoms with Crippen molar-refractivity contribution in [3.05, 3.63) is 52.0 Å². The summed E-state index contributed by atoms with van der Waals surface area (Å²) >= 11 is 6.20. The predicted octanol–water partition coefficient (Wildman–Crippen LogP) is 5.04. The fourth-order valence-electron chi connectivity index (χ4n) is 3.25. The van der Waals surface area contributed by atoms with Crippen LogP contribution in [0.4, 0.5) is 11.4 Å². The summed E-state index contributed by atoms with van der Waals surface area (Å²) in [6.07, 6.45) is 0. The number of ether oxygens (including phenoxy) is 1.